The van der Waals surface area contributed by atoms with Gasteiger partial charge < -0.3 is 31.5 Å². The van der Waals surface area contributed by atoms with Crippen LogP contribution in [0.1, 0.15) is 36.5 Å². The smallest absolute Gasteiger partial charge is 0.356 e. The fourth-order valence-corrected chi connectivity index (χ4v) is 5.76. The Balaban J connectivity index is 2.53. The number of nitrogens with two attached hydrogens (primary N) is 1. The molecule has 0 spiro atoms. The van der Waals surface area contributed by atoms with Gasteiger partial charge >= 0.3 is 7.60 Å². The fourth-order valence-electron chi connectivity index (χ4n) is 4.36. The van der Waals surface area contributed by atoms with Crippen LogP contribution in [0.15, 0.2) is 78.9 Å². The van der Waals surface area contributed by atoms with E-state index < -0.39 is 30.7 Å². The van der Waals surface area contributed by atoms with Crippen LogP contribution < -0.4 is 21.7 Å². The zero-order valence-electron chi connectivity index (χ0n) is 19.7. The second-order valence-corrected chi connectivity index (χ2v) is 9.98. The van der Waals surface area contributed by atoms with Gasteiger partial charge in [-0.05, 0) is 23.3 Å². The van der Waals surface area contributed by atoms with Crippen molar-refractivity contribution in [3.05, 3.63) is 95.6 Å². The van der Waals surface area contributed by atoms with Crippen molar-refractivity contribution >= 4 is 36.7 Å². The van der Waals surface area contributed by atoms with Gasteiger partial charge in [-0.25, -0.2) is 0 Å². The third-order valence-electron chi connectivity index (χ3n) is 5.57. The number of benzene rings is 3. The molecule has 0 radical (unpaired) electrons. The minimum atomic E-state index is -5.29. The first kappa shape index (κ1) is 26.6. The number of anilines is 2. The zero-order chi connectivity index (χ0) is 26.5. The molecular formula is C25H28N5O5P. The maximum atomic E-state index is 13.6. The third-order valence-corrected chi connectivity index (χ3v) is 7.10. The summed E-state index contributed by atoms with van der Waals surface area (Å²) in [5, 5.41) is 13.6. The molecule has 0 aromatic heterocycles. The summed E-state index contributed by atoms with van der Waals surface area (Å²) in [6.07, 6.45) is 0. The van der Waals surface area contributed by atoms with Gasteiger partial charge in [0.1, 0.15) is 0 Å². The first-order valence-corrected chi connectivity index (χ1v) is 12.5. The number of nitrogens with one attached hydrogen (secondary N) is 4. The van der Waals surface area contributed by atoms with E-state index in [4.69, 9.17) is 11.1 Å². The Hall–Kier alpha value is -3.98. The average molecular weight is 510 g/mol. The van der Waals surface area contributed by atoms with E-state index in [-0.39, 0.29) is 17.2 Å². The highest BCUT2D eigenvalue weighted by atomic mass is 31.2. The van der Waals surface area contributed by atoms with Crippen molar-refractivity contribution in [1.82, 2.24) is 5.32 Å². The van der Waals surface area contributed by atoms with Gasteiger partial charge in [0.05, 0.1) is 5.92 Å². The SMILES string of the molecule is CC(=O)Nc1ccccc1C(c1ccccc1)C(NC(=N)N)(c1ccccc1NC(C)=O)P(=O)(O)O. The third kappa shape index (κ3) is 5.46. The lowest BCUT2D eigenvalue weighted by molar-refractivity contribution is -0.115. The molecule has 0 fully saturated rings. The lowest BCUT2D eigenvalue weighted by Crippen LogP contribution is -2.53. The van der Waals surface area contributed by atoms with E-state index in [2.05, 4.69) is 16.0 Å². The van der Waals surface area contributed by atoms with Gasteiger partial charge in [0.2, 0.25) is 11.8 Å². The Kier molecular flexibility index (Phi) is 7.94. The number of guanidine groups is 1. The molecule has 0 heterocycles. The highest BCUT2D eigenvalue weighted by Gasteiger charge is 2.57. The number of hydrogen-bond donors (Lipinski definition) is 7. The van der Waals surface area contributed by atoms with Gasteiger partial charge in [0, 0.05) is 30.8 Å². The summed E-state index contributed by atoms with van der Waals surface area (Å²) in [6, 6.07) is 21.3. The van der Waals surface area contributed by atoms with Crippen LogP contribution in [0.3, 0.4) is 0 Å². The van der Waals surface area contributed by atoms with Gasteiger partial charge in [0.25, 0.3) is 0 Å². The number of carbonyl (C=O) groups excluding carboxylic acids is 2. The summed E-state index contributed by atoms with van der Waals surface area (Å²) in [4.78, 5) is 46.1. The van der Waals surface area contributed by atoms with Crippen LogP contribution in [0.5, 0.6) is 0 Å². The minimum absolute atomic E-state index is 0.00946. The zero-order valence-corrected chi connectivity index (χ0v) is 20.6. The first-order valence-electron chi connectivity index (χ1n) is 10.9. The molecule has 0 aliphatic rings. The molecule has 0 saturated carbocycles. The number of para-hydroxylation sites is 2. The Morgan fingerprint density at radius 2 is 1.36 bits per heavy atom. The predicted molar refractivity (Wildman–Crippen MR) is 139 cm³/mol. The highest BCUT2D eigenvalue weighted by Crippen LogP contribution is 2.65. The molecule has 11 heteroatoms. The van der Waals surface area contributed by atoms with E-state index in [1.807, 2.05) is 0 Å². The second kappa shape index (κ2) is 10.7. The van der Waals surface area contributed by atoms with Crippen LogP contribution in [0.4, 0.5) is 11.4 Å². The summed E-state index contributed by atoms with van der Waals surface area (Å²) in [5.41, 5.74) is 7.02. The second-order valence-electron chi connectivity index (χ2n) is 8.19. The van der Waals surface area contributed by atoms with E-state index >= 15 is 0 Å². The Labute approximate surface area is 208 Å². The lowest BCUT2D eigenvalue weighted by Gasteiger charge is -2.43. The van der Waals surface area contributed by atoms with Gasteiger partial charge in [-0.1, -0.05) is 66.7 Å². The summed E-state index contributed by atoms with van der Waals surface area (Å²) >= 11 is 0. The van der Waals surface area contributed by atoms with E-state index in [9.17, 15) is 23.9 Å². The van der Waals surface area contributed by atoms with Crippen LogP contribution in [0, 0.1) is 5.41 Å². The predicted octanol–water partition coefficient (Wildman–Crippen LogP) is 3.25. The van der Waals surface area contributed by atoms with Crippen LogP contribution >= 0.6 is 7.60 Å². The van der Waals surface area contributed by atoms with Crippen molar-refractivity contribution in [3.8, 4) is 0 Å². The van der Waals surface area contributed by atoms with Crippen LogP contribution in [-0.4, -0.2) is 27.6 Å². The maximum Gasteiger partial charge on any atom is 0.356 e. The highest BCUT2D eigenvalue weighted by molar-refractivity contribution is 7.53. The fraction of sp³-hybridized carbons (Fsp3) is 0.160. The molecule has 0 saturated heterocycles. The monoisotopic (exact) mass is 509 g/mol. The largest absolute Gasteiger partial charge is 0.370 e. The van der Waals surface area contributed by atoms with E-state index in [1.54, 1.807) is 66.7 Å². The molecule has 3 rings (SSSR count). The Morgan fingerprint density at radius 1 is 0.861 bits per heavy atom. The van der Waals surface area contributed by atoms with Crippen molar-refractivity contribution < 1.29 is 23.9 Å². The lowest BCUT2D eigenvalue weighted by atomic mass is 9.79. The van der Waals surface area contributed by atoms with Crippen LogP contribution in [0.2, 0.25) is 0 Å². The summed E-state index contributed by atoms with van der Waals surface area (Å²) in [5.74, 6) is -2.73. The molecular weight excluding hydrogens is 481 g/mol. The summed E-state index contributed by atoms with van der Waals surface area (Å²) in [6.45, 7) is 2.60. The van der Waals surface area contributed by atoms with E-state index in [1.165, 1.54) is 26.0 Å². The molecule has 3 aromatic carbocycles. The molecule has 36 heavy (non-hydrogen) atoms. The van der Waals surface area contributed by atoms with Gasteiger partial charge in [-0.15, -0.1) is 0 Å². The number of carbonyl (C=O) groups is 2. The molecule has 10 nitrogen and oxygen atoms in total. The van der Waals surface area contributed by atoms with Crippen LogP contribution in [-0.2, 0) is 19.4 Å². The van der Waals surface area contributed by atoms with Gasteiger partial charge in [-0.2, -0.15) is 0 Å². The molecule has 0 aliphatic carbocycles. The molecule has 2 atom stereocenters. The Bertz CT molecular complexity index is 1330. The summed E-state index contributed by atoms with van der Waals surface area (Å²) in [7, 11) is -5.29. The molecule has 0 bridgehead atoms. The quantitative estimate of drug-likeness (QED) is 0.138. The van der Waals surface area contributed by atoms with Gasteiger partial charge in [0.15, 0.2) is 11.2 Å². The maximum absolute atomic E-state index is 13.6. The van der Waals surface area contributed by atoms with Gasteiger partial charge in [-0.3, -0.25) is 19.6 Å². The molecule has 2 unspecified atom stereocenters. The van der Waals surface area contributed by atoms with Crippen molar-refractivity contribution in [3.63, 3.8) is 0 Å². The van der Waals surface area contributed by atoms with E-state index in [0.717, 1.165) is 0 Å². The number of hydrogen-bond acceptors (Lipinski definition) is 4. The number of rotatable bonds is 8. The average Bonchev–Trinajstić information content (AvgIpc) is 2.79. The first-order chi connectivity index (χ1) is 17.0. The van der Waals surface area contributed by atoms with Crippen molar-refractivity contribution in [2.75, 3.05) is 10.6 Å². The summed E-state index contributed by atoms with van der Waals surface area (Å²) < 4.78 is 13.6. The van der Waals surface area contributed by atoms with Crippen molar-refractivity contribution in [2.45, 2.75) is 25.0 Å². The minimum Gasteiger partial charge on any atom is -0.370 e. The van der Waals surface area contributed by atoms with Crippen molar-refractivity contribution in [2.24, 2.45) is 5.73 Å². The molecule has 3 aromatic rings. The molecule has 8 N–H and O–H groups in total. The van der Waals surface area contributed by atoms with Crippen LogP contribution in [0.25, 0.3) is 0 Å². The Morgan fingerprint density at radius 3 is 1.92 bits per heavy atom. The molecule has 2 amide bonds. The number of amides is 2. The standard InChI is InChI=1S/C25H28N5O5P/c1-16(31)28-21-14-8-6-12-19(21)23(18-10-4-3-5-11-18)25(30-24(26)27,36(33,34)35)20-13-7-9-15-22(20)29-17(2)32/h3-15,23H,1-2H3,(H,28,31)(H,29,32)(H4,26,27,30)(H2,33,34,35). The molecule has 0 aliphatic heterocycles. The van der Waals surface area contributed by atoms with E-state index in [0.29, 0.717) is 16.8 Å². The molecule has 188 valence electrons. The van der Waals surface area contributed by atoms with Crippen molar-refractivity contribution in [1.29, 1.82) is 5.41 Å². The topological polar surface area (TPSA) is 178 Å². The normalized spacial score (nSPS) is 13.7.